The van der Waals surface area contributed by atoms with Gasteiger partial charge in [0.2, 0.25) is 0 Å². The summed E-state index contributed by atoms with van der Waals surface area (Å²) in [5.74, 6) is -0.778. The molecule has 0 radical (unpaired) electrons. The second-order valence-electron chi connectivity index (χ2n) is 3.40. The van der Waals surface area contributed by atoms with Crippen LogP contribution in [0.4, 0.5) is 0 Å². The molecule has 0 aromatic rings. The quantitative estimate of drug-likeness (QED) is 0.663. The lowest BCUT2D eigenvalue weighted by atomic mass is 9.95. The van der Waals surface area contributed by atoms with Crippen LogP contribution in [0.5, 0.6) is 0 Å². The van der Waals surface area contributed by atoms with Crippen molar-refractivity contribution in [3.8, 4) is 0 Å². The number of alkyl halides is 1. The summed E-state index contributed by atoms with van der Waals surface area (Å²) in [6.45, 7) is 1.86. The topological polar surface area (TPSA) is 40.5 Å². The Morgan fingerprint density at radius 1 is 1.75 bits per heavy atom. The smallest absolute Gasteiger partial charge is 0.321 e. The van der Waals surface area contributed by atoms with E-state index in [0.717, 1.165) is 25.9 Å². The van der Waals surface area contributed by atoms with Crippen LogP contribution in [-0.4, -0.2) is 41.5 Å². The minimum Gasteiger partial charge on any atom is -0.480 e. The van der Waals surface area contributed by atoms with Crippen LogP contribution in [0.15, 0.2) is 0 Å². The number of nitrogens with zero attached hydrogens (tertiary/aromatic N) is 1. The zero-order chi connectivity index (χ0) is 9.14. The van der Waals surface area contributed by atoms with E-state index in [1.54, 1.807) is 0 Å². The fourth-order valence-corrected chi connectivity index (χ4v) is 1.85. The molecule has 3 nitrogen and oxygen atoms in total. The Bertz CT molecular complexity index is 174. The monoisotopic (exact) mass is 191 g/mol. The Morgan fingerprint density at radius 3 is 2.92 bits per heavy atom. The van der Waals surface area contributed by atoms with Gasteiger partial charge in [0.15, 0.2) is 0 Å². The summed E-state index contributed by atoms with van der Waals surface area (Å²) in [6.07, 6.45) is 1.99. The van der Waals surface area contributed by atoms with E-state index in [1.165, 1.54) is 0 Å². The van der Waals surface area contributed by atoms with E-state index in [1.807, 2.05) is 7.05 Å². The van der Waals surface area contributed by atoms with Gasteiger partial charge in [0.05, 0.1) is 0 Å². The minimum absolute atomic E-state index is 0.114. The number of piperidine rings is 1. The first-order chi connectivity index (χ1) is 5.61. The van der Waals surface area contributed by atoms with Crippen LogP contribution in [-0.2, 0) is 4.79 Å². The first kappa shape index (κ1) is 9.81. The molecular weight excluding hydrogens is 178 g/mol. The summed E-state index contributed by atoms with van der Waals surface area (Å²) in [6, 6.07) is 0. The summed E-state index contributed by atoms with van der Waals surface area (Å²) < 4.78 is 0. The molecule has 0 aromatic heterocycles. The number of aliphatic carboxylic acids is 1. The number of rotatable bonds is 2. The molecule has 1 heterocycles. The van der Waals surface area contributed by atoms with Crippen LogP contribution in [0.2, 0.25) is 0 Å². The number of hydrogen-bond donors (Lipinski definition) is 1. The van der Waals surface area contributed by atoms with Crippen molar-refractivity contribution in [1.29, 1.82) is 0 Å². The van der Waals surface area contributed by atoms with Crippen molar-refractivity contribution in [2.24, 2.45) is 5.92 Å². The summed E-state index contributed by atoms with van der Waals surface area (Å²) >= 11 is 5.73. The predicted molar refractivity (Wildman–Crippen MR) is 47.5 cm³/mol. The second kappa shape index (κ2) is 4.10. The molecule has 1 N–H and O–H groups in total. The molecule has 12 heavy (non-hydrogen) atoms. The second-order valence-corrected chi connectivity index (χ2v) is 3.87. The molecule has 0 aromatic carbocycles. The molecule has 2 unspecified atom stereocenters. The predicted octanol–water partition coefficient (Wildman–Crippen LogP) is 1.02. The summed E-state index contributed by atoms with van der Waals surface area (Å²) in [5.41, 5.74) is 0. The van der Waals surface area contributed by atoms with Crippen molar-refractivity contribution in [2.75, 3.05) is 20.1 Å². The molecule has 0 amide bonds. The van der Waals surface area contributed by atoms with Gasteiger partial charge in [-0.15, -0.1) is 11.6 Å². The van der Waals surface area contributed by atoms with Crippen LogP contribution in [0.1, 0.15) is 12.8 Å². The van der Waals surface area contributed by atoms with Gasteiger partial charge in [0.1, 0.15) is 5.38 Å². The molecule has 0 bridgehead atoms. The minimum atomic E-state index is -0.892. The average Bonchev–Trinajstić information content (AvgIpc) is 2.03. The van der Waals surface area contributed by atoms with E-state index in [0.29, 0.717) is 0 Å². The van der Waals surface area contributed by atoms with Gasteiger partial charge in [-0.1, -0.05) is 0 Å². The number of carboxylic acids is 1. The molecule has 0 spiro atoms. The molecule has 0 saturated carbocycles. The first-order valence-electron chi connectivity index (χ1n) is 4.16. The average molecular weight is 192 g/mol. The van der Waals surface area contributed by atoms with E-state index in [9.17, 15) is 4.79 Å². The molecular formula is C8H14ClNO2. The Labute approximate surface area is 77.3 Å². The van der Waals surface area contributed by atoms with Crippen LogP contribution in [0.25, 0.3) is 0 Å². The maximum Gasteiger partial charge on any atom is 0.321 e. The number of carboxylic acid groups (broad SMARTS) is 1. The van der Waals surface area contributed by atoms with E-state index in [2.05, 4.69) is 4.90 Å². The SMILES string of the molecule is CN1CCCC(C(Cl)C(=O)O)C1. The molecule has 1 rings (SSSR count). The number of halogens is 1. The Kier molecular flexibility index (Phi) is 3.35. The van der Waals surface area contributed by atoms with Crippen LogP contribution < -0.4 is 0 Å². The van der Waals surface area contributed by atoms with Gasteiger partial charge in [-0.3, -0.25) is 4.79 Å². The number of hydrogen-bond acceptors (Lipinski definition) is 2. The van der Waals surface area contributed by atoms with Gasteiger partial charge in [-0.05, 0) is 32.4 Å². The van der Waals surface area contributed by atoms with Gasteiger partial charge in [0, 0.05) is 6.54 Å². The highest BCUT2D eigenvalue weighted by molar-refractivity contribution is 6.29. The number of carbonyl (C=O) groups is 1. The lowest BCUT2D eigenvalue weighted by Crippen LogP contribution is -2.38. The van der Waals surface area contributed by atoms with E-state index >= 15 is 0 Å². The molecule has 70 valence electrons. The highest BCUT2D eigenvalue weighted by Gasteiger charge is 2.28. The van der Waals surface area contributed by atoms with Crippen molar-refractivity contribution in [3.63, 3.8) is 0 Å². The molecule has 1 fully saturated rings. The Balaban J connectivity index is 2.45. The van der Waals surface area contributed by atoms with Crippen LogP contribution in [0, 0.1) is 5.92 Å². The van der Waals surface area contributed by atoms with Crippen molar-refractivity contribution in [3.05, 3.63) is 0 Å². The zero-order valence-electron chi connectivity index (χ0n) is 7.16. The van der Waals surface area contributed by atoms with Gasteiger partial charge in [-0.2, -0.15) is 0 Å². The van der Waals surface area contributed by atoms with Gasteiger partial charge < -0.3 is 10.0 Å². The maximum absolute atomic E-state index is 10.6. The third kappa shape index (κ3) is 2.35. The highest BCUT2D eigenvalue weighted by atomic mass is 35.5. The molecule has 2 atom stereocenters. The van der Waals surface area contributed by atoms with Crippen molar-refractivity contribution < 1.29 is 9.90 Å². The standard InChI is InChI=1S/C8H14ClNO2/c1-10-4-2-3-6(5-10)7(9)8(11)12/h6-7H,2-5H2,1H3,(H,11,12). The van der Waals surface area contributed by atoms with Crippen molar-refractivity contribution in [1.82, 2.24) is 4.90 Å². The fourth-order valence-electron chi connectivity index (χ4n) is 1.65. The van der Waals surface area contributed by atoms with Crippen LogP contribution >= 0.6 is 11.6 Å². The lowest BCUT2D eigenvalue weighted by Gasteiger charge is -2.30. The highest BCUT2D eigenvalue weighted by Crippen LogP contribution is 2.22. The molecule has 1 saturated heterocycles. The van der Waals surface area contributed by atoms with Crippen molar-refractivity contribution in [2.45, 2.75) is 18.2 Å². The van der Waals surface area contributed by atoms with Crippen LogP contribution in [0.3, 0.4) is 0 Å². The summed E-state index contributed by atoms with van der Waals surface area (Å²) in [4.78, 5) is 12.7. The summed E-state index contributed by atoms with van der Waals surface area (Å²) in [7, 11) is 2.00. The largest absolute Gasteiger partial charge is 0.480 e. The lowest BCUT2D eigenvalue weighted by molar-refractivity contribution is -0.138. The van der Waals surface area contributed by atoms with E-state index in [4.69, 9.17) is 16.7 Å². The van der Waals surface area contributed by atoms with E-state index in [-0.39, 0.29) is 5.92 Å². The summed E-state index contributed by atoms with van der Waals surface area (Å²) in [5, 5.41) is 7.95. The maximum atomic E-state index is 10.6. The van der Waals surface area contributed by atoms with E-state index < -0.39 is 11.3 Å². The molecule has 0 aliphatic carbocycles. The van der Waals surface area contributed by atoms with Gasteiger partial charge >= 0.3 is 5.97 Å². The number of likely N-dealkylation sites (tertiary alicyclic amines) is 1. The third-order valence-corrected chi connectivity index (χ3v) is 2.85. The fraction of sp³-hybridized carbons (Fsp3) is 0.875. The first-order valence-corrected chi connectivity index (χ1v) is 4.60. The Morgan fingerprint density at radius 2 is 2.42 bits per heavy atom. The van der Waals surface area contributed by atoms with Gasteiger partial charge in [-0.25, -0.2) is 0 Å². The Hall–Kier alpha value is -0.280. The van der Waals surface area contributed by atoms with Crippen molar-refractivity contribution >= 4 is 17.6 Å². The molecule has 1 aliphatic rings. The third-order valence-electron chi connectivity index (χ3n) is 2.31. The zero-order valence-corrected chi connectivity index (χ0v) is 7.92. The van der Waals surface area contributed by atoms with Gasteiger partial charge in [0.25, 0.3) is 0 Å². The molecule has 1 aliphatic heterocycles. The molecule has 4 heteroatoms. The normalized spacial score (nSPS) is 28.3.